The summed E-state index contributed by atoms with van der Waals surface area (Å²) in [4.78, 5) is 2.84. The number of guanidine groups is 1. The first-order chi connectivity index (χ1) is 4.77. The summed E-state index contributed by atoms with van der Waals surface area (Å²) in [5.74, 6) is 1.38. The molecule has 0 amide bonds. The van der Waals surface area contributed by atoms with E-state index in [-0.39, 0.29) is 0 Å². The van der Waals surface area contributed by atoms with Crippen molar-refractivity contribution in [1.82, 2.24) is 0 Å². The maximum absolute atomic E-state index is 5.17. The first-order valence-electron chi connectivity index (χ1n) is 3.15. The predicted molar refractivity (Wildman–Crippen MR) is 49.9 cm³/mol. The summed E-state index contributed by atoms with van der Waals surface area (Å²) in [5, 5.41) is 0. The topological polar surface area (TPSA) is 66.0 Å². The standard InChI is InChI=1S/C5H13N3S2/c6-5(7)8-3-1-2-4-10-9/h9H,1-4H2,(H4,6,7,8)/p+1. The molecule has 0 aliphatic carbocycles. The molecular weight excluding hydrogens is 166 g/mol. The molecule has 0 fully saturated rings. The number of unbranched alkanes of at least 4 members (excludes halogenated alkanes) is 1. The van der Waals surface area contributed by atoms with E-state index >= 15 is 0 Å². The number of rotatable bonds is 5. The largest absolute Gasteiger partial charge is 0.338 e. The van der Waals surface area contributed by atoms with Crippen LogP contribution in [0.3, 0.4) is 0 Å². The van der Waals surface area contributed by atoms with Gasteiger partial charge in [0.25, 0.3) is 0 Å². The van der Waals surface area contributed by atoms with Crippen LogP contribution in [-0.2, 0) is 0 Å². The molecule has 0 saturated carbocycles. The van der Waals surface area contributed by atoms with Gasteiger partial charge in [-0.05, 0) is 12.8 Å². The van der Waals surface area contributed by atoms with Gasteiger partial charge in [-0.25, -0.2) is 0 Å². The molecule has 0 radical (unpaired) electrons. The van der Waals surface area contributed by atoms with E-state index in [1.165, 1.54) is 0 Å². The Morgan fingerprint density at radius 1 is 1.40 bits per heavy atom. The van der Waals surface area contributed by atoms with Gasteiger partial charge in [0.1, 0.15) is 0 Å². The minimum atomic E-state index is 0.304. The van der Waals surface area contributed by atoms with E-state index in [0.717, 1.165) is 25.1 Å². The highest BCUT2D eigenvalue weighted by atomic mass is 33.1. The highest BCUT2D eigenvalue weighted by Crippen LogP contribution is 2.06. The van der Waals surface area contributed by atoms with Crippen molar-refractivity contribution in [3.8, 4) is 0 Å². The third-order valence-electron chi connectivity index (χ3n) is 0.992. The molecule has 0 aromatic heterocycles. The molecule has 0 bridgehead atoms. The average molecular weight is 180 g/mol. The highest BCUT2D eigenvalue weighted by molar-refractivity contribution is 8.68. The maximum Gasteiger partial charge on any atom is 0.338 e. The lowest BCUT2D eigenvalue weighted by molar-refractivity contribution is -0.459. The number of thiol groups is 1. The van der Waals surface area contributed by atoms with E-state index in [9.17, 15) is 0 Å². The van der Waals surface area contributed by atoms with Gasteiger partial charge in [-0.1, -0.05) is 10.8 Å². The third kappa shape index (κ3) is 7.97. The van der Waals surface area contributed by atoms with Crippen LogP contribution in [0.5, 0.6) is 0 Å². The smallest absolute Gasteiger partial charge is 0.291 e. The number of hydrogen-bond acceptors (Lipinski definition) is 2. The van der Waals surface area contributed by atoms with Crippen LogP contribution in [0.25, 0.3) is 0 Å². The summed E-state index contributed by atoms with van der Waals surface area (Å²) in [6, 6.07) is 0. The molecule has 0 aliphatic heterocycles. The molecule has 3 nitrogen and oxygen atoms in total. The van der Waals surface area contributed by atoms with E-state index in [1.807, 2.05) is 0 Å². The molecule has 0 unspecified atom stereocenters. The van der Waals surface area contributed by atoms with Crippen molar-refractivity contribution in [2.75, 3.05) is 12.3 Å². The molecule has 0 saturated heterocycles. The zero-order valence-electron chi connectivity index (χ0n) is 5.84. The molecule has 5 heteroatoms. The van der Waals surface area contributed by atoms with Crippen molar-refractivity contribution < 1.29 is 4.99 Å². The summed E-state index contributed by atoms with van der Waals surface area (Å²) in [6.45, 7) is 0.858. The summed E-state index contributed by atoms with van der Waals surface area (Å²) in [7, 11) is 1.56. The SMILES string of the molecule is NC(N)=[NH+]CCCCSS. The van der Waals surface area contributed by atoms with E-state index < -0.39 is 0 Å². The maximum atomic E-state index is 5.17. The van der Waals surface area contributed by atoms with Gasteiger partial charge in [-0.15, -0.1) is 11.7 Å². The van der Waals surface area contributed by atoms with Gasteiger partial charge in [0.2, 0.25) is 0 Å². The van der Waals surface area contributed by atoms with Gasteiger partial charge in [-0.2, -0.15) is 0 Å². The summed E-state index contributed by atoms with van der Waals surface area (Å²) in [6.07, 6.45) is 2.24. The molecule has 0 rings (SSSR count). The van der Waals surface area contributed by atoms with Crippen LogP contribution in [-0.4, -0.2) is 18.3 Å². The zero-order chi connectivity index (χ0) is 7.82. The number of nitrogens with one attached hydrogen (secondary N) is 1. The molecule has 5 N–H and O–H groups in total. The minimum Gasteiger partial charge on any atom is -0.291 e. The lowest BCUT2D eigenvalue weighted by atomic mass is 10.3. The second-order valence-electron chi connectivity index (χ2n) is 1.92. The molecule has 0 atom stereocenters. The van der Waals surface area contributed by atoms with Gasteiger partial charge < -0.3 is 0 Å². The molecule has 60 valence electrons. The fraction of sp³-hybridized carbons (Fsp3) is 0.800. The Labute approximate surface area is 70.5 Å². The molecule has 0 heterocycles. The molecule has 10 heavy (non-hydrogen) atoms. The average Bonchev–Trinajstić information content (AvgIpc) is 1.87. The van der Waals surface area contributed by atoms with E-state index in [2.05, 4.69) is 16.7 Å². The Hall–Kier alpha value is -0.0300. The first-order valence-corrected chi connectivity index (χ1v) is 5.19. The van der Waals surface area contributed by atoms with Crippen LogP contribution in [0.2, 0.25) is 0 Å². The Balaban J connectivity index is 2.98. The Morgan fingerprint density at radius 3 is 2.60 bits per heavy atom. The van der Waals surface area contributed by atoms with Crippen LogP contribution >= 0.6 is 22.5 Å². The van der Waals surface area contributed by atoms with Crippen molar-refractivity contribution >= 4 is 28.4 Å². The number of hydrogen-bond donors (Lipinski definition) is 4. The van der Waals surface area contributed by atoms with Gasteiger partial charge in [0.15, 0.2) is 0 Å². The van der Waals surface area contributed by atoms with Crippen LogP contribution in [0, 0.1) is 0 Å². The quantitative estimate of drug-likeness (QED) is 0.140. The Morgan fingerprint density at radius 2 is 2.10 bits per heavy atom. The monoisotopic (exact) mass is 180 g/mol. The second kappa shape index (κ2) is 7.08. The Bertz CT molecular complexity index is 101. The van der Waals surface area contributed by atoms with Gasteiger partial charge in [0, 0.05) is 5.75 Å². The second-order valence-corrected chi connectivity index (χ2v) is 3.36. The summed E-state index contributed by atoms with van der Waals surface area (Å²) >= 11 is 4.01. The third-order valence-corrected chi connectivity index (χ3v) is 2.01. The van der Waals surface area contributed by atoms with Gasteiger partial charge in [0.05, 0.1) is 6.54 Å². The van der Waals surface area contributed by atoms with E-state index in [0.29, 0.717) is 5.96 Å². The Kier molecular flexibility index (Phi) is 7.06. The fourth-order valence-corrected chi connectivity index (χ4v) is 1.24. The van der Waals surface area contributed by atoms with Crippen molar-refractivity contribution in [1.29, 1.82) is 0 Å². The zero-order valence-corrected chi connectivity index (χ0v) is 7.55. The van der Waals surface area contributed by atoms with E-state index in [4.69, 9.17) is 11.5 Å². The first kappa shape index (κ1) is 9.97. The van der Waals surface area contributed by atoms with Crippen LogP contribution < -0.4 is 16.5 Å². The summed E-state index contributed by atoms with van der Waals surface area (Å²) < 4.78 is 0. The summed E-state index contributed by atoms with van der Waals surface area (Å²) in [5.41, 5.74) is 10.3. The highest BCUT2D eigenvalue weighted by Gasteiger charge is 1.88. The molecule has 0 aliphatic rings. The number of nitrogens with two attached hydrogens (primary N) is 2. The fourth-order valence-electron chi connectivity index (χ4n) is 0.524. The van der Waals surface area contributed by atoms with Crippen LogP contribution in [0.4, 0.5) is 0 Å². The molecule has 0 aromatic carbocycles. The van der Waals surface area contributed by atoms with Crippen molar-refractivity contribution in [3.05, 3.63) is 0 Å². The predicted octanol–water partition coefficient (Wildman–Crippen LogP) is -1.30. The lowest BCUT2D eigenvalue weighted by Gasteiger charge is -1.92. The molecule has 0 spiro atoms. The van der Waals surface area contributed by atoms with Crippen molar-refractivity contribution in [3.63, 3.8) is 0 Å². The van der Waals surface area contributed by atoms with Gasteiger partial charge >= 0.3 is 5.96 Å². The van der Waals surface area contributed by atoms with Crippen LogP contribution in [0.1, 0.15) is 12.8 Å². The lowest BCUT2D eigenvalue weighted by Crippen LogP contribution is -2.78. The van der Waals surface area contributed by atoms with E-state index in [1.54, 1.807) is 10.8 Å². The molecular formula is C5H14N3S2+. The van der Waals surface area contributed by atoms with Gasteiger partial charge in [-0.3, -0.25) is 16.5 Å². The minimum absolute atomic E-state index is 0.304. The molecule has 0 aromatic rings. The van der Waals surface area contributed by atoms with Crippen LogP contribution in [0.15, 0.2) is 0 Å². The van der Waals surface area contributed by atoms with Crippen molar-refractivity contribution in [2.24, 2.45) is 11.5 Å². The normalized spacial score (nSPS) is 9.30. The van der Waals surface area contributed by atoms with Crippen molar-refractivity contribution in [2.45, 2.75) is 12.8 Å².